The first-order valence-corrected chi connectivity index (χ1v) is 12.6. The van der Waals surface area contributed by atoms with E-state index in [2.05, 4.69) is 24.8 Å². The van der Waals surface area contributed by atoms with Gasteiger partial charge >= 0.3 is 0 Å². The molecule has 3 aromatic heterocycles. The number of rotatable bonds is 5. The van der Waals surface area contributed by atoms with E-state index in [0.29, 0.717) is 33.9 Å². The van der Waals surface area contributed by atoms with E-state index in [4.69, 9.17) is 10.2 Å². The van der Waals surface area contributed by atoms with Gasteiger partial charge in [0, 0.05) is 12.1 Å². The maximum Gasteiger partial charge on any atom is 0.274 e. The molecule has 5 aromatic rings. The number of H-pyrrole nitrogens is 1. The van der Waals surface area contributed by atoms with Gasteiger partial charge in [-0.25, -0.2) is 29.8 Å². The highest BCUT2D eigenvalue weighted by atomic mass is 19.1. The van der Waals surface area contributed by atoms with Crippen molar-refractivity contribution in [3.8, 4) is 0 Å². The van der Waals surface area contributed by atoms with Crippen LogP contribution in [0, 0.1) is 11.2 Å². The molecule has 2 fully saturated rings. The van der Waals surface area contributed by atoms with Gasteiger partial charge in [-0.2, -0.15) is 0 Å². The van der Waals surface area contributed by atoms with E-state index in [0.717, 1.165) is 25.8 Å². The lowest BCUT2D eigenvalue weighted by molar-refractivity contribution is 0.0706. The predicted molar refractivity (Wildman–Crippen MR) is 139 cm³/mol. The van der Waals surface area contributed by atoms with Crippen LogP contribution in [0.25, 0.3) is 22.1 Å². The number of anilines is 1. The highest BCUT2D eigenvalue weighted by molar-refractivity contribution is 5.93. The van der Waals surface area contributed by atoms with Gasteiger partial charge < -0.3 is 9.88 Å². The molecule has 3 N–H and O–H groups in total. The van der Waals surface area contributed by atoms with Gasteiger partial charge in [-0.05, 0) is 54.5 Å². The number of nitrogens with one attached hydrogen (secondary N) is 2. The zero-order chi connectivity index (χ0) is 26.7. The molecular weight excluding hydrogens is 503 g/mol. The van der Waals surface area contributed by atoms with Crippen LogP contribution < -0.4 is 15.9 Å². The normalized spacial score (nSPS) is 17.8. The van der Waals surface area contributed by atoms with Gasteiger partial charge in [0.1, 0.15) is 28.9 Å². The number of benzene rings is 2. The van der Waals surface area contributed by atoms with Gasteiger partial charge in [0.2, 0.25) is 0 Å². The number of halogens is 1. The Morgan fingerprint density at radius 2 is 1.97 bits per heavy atom. The SMILES string of the molecule is O=C(NO)c1ccc(Cn2c([C@@H]3CC4(CC4)CN3c3ncnc4[nH]cnc34)nc3cccc(F)c3c2=O)cc1. The molecular formula is C27H23FN8O3. The number of carbonyl (C=O) groups excluding carboxylic acids is 1. The fraction of sp³-hybridized carbons (Fsp3) is 0.259. The number of hydrogen-bond donors (Lipinski definition) is 3. The molecule has 1 aliphatic heterocycles. The predicted octanol–water partition coefficient (Wildman–Crippen LogP) is 3.10. The Morgan fingerprint density at radius 3 is 2.74 bits per heavy atom. The van der Waals surface area contributed by atoms with E-state index in [-0.39, 0.29) is 29.0 Å². The third-order valence-corrected chi connectivity index (χ3v) is 7.85. The molecule has 11 nitrogen and oxygen atoms in total. The summed E-state index contributed by atoms with van der Waals surface area (Å²) in [6.07, 6.45) is 5.97. The van der Waals surface area contributed by atoms with Crippen LogP contribution in [0.5, 0.6) is 0 Å². The van der Waals surface area contributed by atoms with Crippen LogP contribution in [-0.2, 0) is 6.54 Å². The van der Waals surface area contributed by atoms with Crippen molar-refractivity contribution in [1.29, 1.82) is 0 Å². The van der Waals surface area contributed by atoms with E-state index in [1.54, 1.807) is 48.2 Å². The van der Waals surface area contributed by atoms with Crippen molar-refractivity contribution in [1.82, 2.24) is 35.0 Å². The van der Waals surface area contributed by atoms with Crippen LogP contribution >= 0.6 is 0 Å². The summed E-state index contributed by atoms with van der Waals surface area (Å²) in [6, 6.07) is 10.6. The standard InChI is InChI=1S/C27H23FN8O3/c28-17-2-1-3-18-20(17)26(38)35(11-15-4-6-16(7-5-15)25(37)34-39)23(33-18)19-10-27(8-9-27)12-36(19)24-21-22(30-13-29-21)31-14-32-24/h1-7,13-14,19,39H,8-12H2,(H,34,37)(H,29,30,31,32)/t19-/m0/s1. The fourth-order valence-electron chi connectivity index (χ4n) is 5.67. The van der Waals surface area contributed by atoms with Crippen LogP contribution in [-0.4, -0.2) is 47.1 Å². The van der Waals surface area contributed by atoms with Crippen molar-refractivity contribution in [2.45, 2.75) is 31.8 Å². The minimum absolute atomic E-state index is 0.0695. The molecule has 7 rings (SSSR count). The molecule has 1 spiro atoms. The molecule has 12 heteroatoms. The van der Waals surface area contributed by atoms with Crippen LogP contribution in [0.3, 0.4) is 0 Å². The monoisotopic (exact) mass is 526 g/mol. The molecule has 1 aliphatic carbocycles. The Bertz CT molecular complexity index is 1810. The van der Waals surface area contributed by atoms with Gasteiger partial charge in [0.05, 0.1) is 24.4 Å². The highest BCUT2D eigenvalue weighted by Gasteiger charge is 2.54. The number of aromatic amines is 1. The van der Waals surface area contributed by atoms with Gasteiger partial charge in [0.25, 0.3) is 11.5 Å². The van der Waals surface area contributed by atoms with Crippen molar-refractivity contribution < 1.29 is 14.4 Å². The molecule has 0 unspecified atom stereocenters. The van der Waals surface area contributed by atoms with Crippen molar-refractivity contribution in [2.75, 3.05) is 11.4 Å². The molecule has 1 saturated heterocycles. The first kappa shape index (κ1) is 23.4. The largest absolute Gasteiger partial charge is 0.344 e. The lowest BCUT2D eigenvalue weighted by atomic mass is 10.0. The van der Waals surface area contributed by atoms with Crippen molar-refractivity contribution in [2.24, 2.45) is 5.41 Å². The van der Waals surface area contributed by atoms with Gasteiger partial charge in [-0.3, -0.25) is 19.4 Å². The summed E-state index contributed by atoms with van der Waals surface area (Å²) in [5.41, 5.74) is 3.76. The number of fused-ring (bicyclic) bond motifs is 2. The molecule has 2 aromatic carbocycles. The van der Waals surface area contributed by atoms with Crippen molar-refractivity contribution in [3.63, 3.8) is 0 Å². The zero-order valence-electron chi connectivity index (χ0n) is 20.6. The number of aromatic nitrogens is 6. The molecule has 2 aliphatic rings. The molecule has 0 radical (unpaired) electrons. The summed E-state index contributed by atoms with van der Waals surface area (Å²) in [7, 11) is 0. The summed E-state index contributed by atoms with van der Waals surface area (Å²) >= 11 is 0. The quantitative estimate of drug-likeness (QED) is 0.234. The van der Waals surface area contributed by atoms with Gasteiger partial charge in [-0.1, -0.05) is 18.2 Å². The maximum atomic E-state index is 14.9. The summed E-state index contributed by atoms with van der Waals surface area (Å²) in [4.78, 5) is 49.0. The molecule has 1 amide bonds. The second-order valence-corrected chi connectivity index (χ2v) is 10.3. The average Bonchev–Trinajstić information content (AvgIpc) is 3.35. The number of imidazole rings is 1. The minimum atomic E-state index is -0.639. The molecule has 1 atom stereocenters. The second-order valence-electron chi connectivity index (χ2n) is 10.3. The number of nitrogens with zero attached hydrogens (tertiary/aromatic N) is 6. The van der Waals surface area contributed by atoms with Crippen LogP contribution in [0.15, 0.2) is 59.9 Å². The first-order chi connectivity index (χ1) is 19.0. The maximum absolute atomic E-state index is 14.9. The van der Waals surface area contributed by atoms with E-state index >= 15 is 0 Å². The minimum Gasteiger partial charge on any atom is -0.344 e. The van der Waals surface area contributed by atoms with E-state index < -0.39 is 17.3 Å². The molecule has 39 heavy (non-hydrogen) atoms. The third kappa shape index (κ3) is 3.83. The summed E-state index contributed by atoms with van der Waals surface area (Å²) < 4.78 is 16.4. The fourth-order valence-corrected chi connectivity index (χ4v) is 5.67. The van der Waals surface area contributed by atoms with Crippen LogP contribution in [0.2, 0.25) is 0 Å². The van der Waals surface area contributed by atoms with Gasteiger partial charge in [-0.15, -0.1) is 0 Å². The summed E-state index contributed by atoms with van der Waals surface area (Å²) in [5.74, 6) is -0.0909. The topological polar surface area (TPSA) is 142 Å². The number of amides is 1. The zero-order valence-corrected chi connectivity index (χ0v) is 20.6. The Morgan fingerprint density at radius 1 is 1.15 bits per heavy atom. The van der Waals surface area contributed by atoms with E-state index in [1.165, 1.54) is 17.0 Å². The van der Waals surface area contributed by atoms with E-state index in [1.807, 2.05) is 0 Å². The number of carbonyl (C=O) groups is 1. The smallest absolute Gasteiger partial charge is 0.274 e. The lowest BCUT2D eigenvalue weighted by Crippen LogP contribution is -2.33. The molecule has 1 saturated carbocycles. The number of hydroxylamine groups is 1. The van der Waals surface area contributed by atoms with Crippen LogP contribution in [0.1, 0.15) is 47.1 Å². The summed E-state index contributed by atoms with van der Waals surface area (Å²) in [5, 5.41) is 8.85. The van der Waals surface area contributed by atoms with E-state index in [9.17, 15) is 14.0 Å². The Hall–Kier alpha value is -4.71. The highest BCUT2D eigenvalue weighted by Crippen LogP contribution is 2.59. The third-order valence-electron chi connectivity index (χ3n) is 7.85. The number of hydrogen-bond acceptors (Lipinski definition) is 8. The van der Waals surface area contributed by atoms with Crippen LogP contribution in [0.4, 0.5) is 10.2 Å². The lowest BCUT2D eigenvalue weighted by Gasteiger charge is -2.27. The molecule has 196 valence electrons. The summed E-state index contributed by atoms with van der Waals surface area (Å²) in [6.45, 7) is 0.851. The molecule has 0 bridgehead atoms. The Balaban J connectivity index is 1.39. The Kier molecular flexibility index (Phi) is 5.20. The second kappa shape index (κ2) is 8.67. The first-order valence-electron chi connectivity index (χ1n) is 12.6. The Labute approximate surface area is 220 Å². The average molecular weight is 527 g/mol. The molecule has 4 heterocycles. The van der Waals surface area contributed by atoms with Crippen molar-refractivity contribution in [3.05, 3.63) is 88.2 Å². The van der Waals surface area contributed by atoms with Gasteiger partial charge in [0.15, 0.2) is 11.5 Å². The van der Waals surface area contributed by atoms with Crippen molar-refractivity contribution >= 4 is 33.8 Å².